The maximum absolute atomic E-state index is 12.1. The van der Waals surface area contributed by atoms with E-state index in [1.54, 1.807) is 25.8 Å². The van der Waals surface area contributed by atoms with Crippen molar-refractivity contribution < 1.29 is 9.53 Å². The quantitative estimate of drug-likeness (QED) is 0.456. The molecule has 3 aromatic heterocycles. The number of rotatable bonds is 6. The Hall–Kier alpha value is -3.85. The SMILES string of the molecule is CNC(=O)C1CCC(n2cnc3c(NCc4cccc(C)c4)nc(-c4cncc(C)c4)nc32)O1. The Labute approximate surface area is 197 Å². The number of nitrogens with zero attached hydrogens (tertiary/aromatic N) is 5. The normalized spacial score (nSPS) is 17.7. The molecule has 1 saturated heterocycles. The maximum Gasteiger partial charge on any atom is 0.248 e. The highest BCUT2D eigenvalue weighted by molar-refractivity contribution is 5.85. The number of imidazole rings is 1. The fourth-order valence-corrected chi connectivity index (χ4v) is 4.24. The number of hydrogen-bond donors (Lipinski definition) is 2. The fourth-order valence-electron chi connectivity index (χ4n) is 4.24. The number of carbonyl (C=O) groups excluding carboxylic acids is 1. The van der Waals surface area contributed by atoms with E-state index >= 15 is 0 Å². The highest BCUT2D eigenvalue weighted by Gasteiger charge is 2.32. The van der Waals surface area contributed by atoms with Crippen LogP contribution in [0.2, 0.25) is 0 Å². The van der Waals surface area contributed by atoms with E-state index in [1.807, 2.05) is 23.6 Å². The lowest BCUT2D eigenvalue weighted by atomic mass is 10.1. The van der Waals surface area contributed by atoms with Crippen LogP contribution in [0.1, 0.15) is 35.8 Å². The van der Waals surface area contributed by atoms with Crippen LogP contribution in [0.25, 0.3) is 22.6 Å². The van der Waals surface area contributed by atoms with E-state index in [-0.39, 0.29) is 12.1 Å². The predicted molar refractivity (Wildman–Crippen MR) is 129 cm³/mol. The molecule has 5 rings (SSSR count). The Morgan fingerprint density at radius 3 is 2.82 bits per heavy atom. The molecule has 2 N–H and O–H groups in total. The first kappa shape index (κ1) is 22.0. The molecule has 0 radical (unpaired) electrons. The lowest BCUT2D eigenvalue weighted by Gasteiger charge is -2.15. The summed E-state index contributed by atoms with van der Waals surface area (Å²) in [5.41, 5.74) is 5.51. The Morgan fingerprint density at radius 2 is 2.03 bits per heavy atom. The van der Waals surface area contributed by atoms with Crippen LogP contribution < -0.4 is 10.6 Å². The molecule has 9 nitrogen and oxygen atoms in total. The number of carbonyl (C=O) groups is 1. The summed E-state index contributed by atoms with van der Waals surface area (Å²) < 4.78 is 7.92. The number of anilines is 1. The van der Waals surface area contributed by atoms with Crippen molar-refractivity contribution in [3.05, 3.63) is 65.7 Å². The molecular weight excluding hydrogens is 430 g/mol. The number of ether oxygens (including phenoxy) is 1. The zero-order valence-electron chi connectivity index (χ0n) is 19.4. The average Bonchev–Trinajstić information content (AvgIpc) is 3.49. The largest absolute Gasteiger partial charge is 0.364 e. The number of nitrogens with one attached hydrogen (secondary N) is 2. The molecule has 0 saturated carbocycles. The summed E-state index contributed by atoms with van der Waals surface area (Å²) in [6, 6.07) is 10.3. The highest BCUT2D eigenvalue weighted by Crippen LogP contribution is 2.33. The van der Waals surface area contributed by atoms with Crippen LogP contribution in [-0.2, 0) is 16.1 Å². The zero-order chi connectivity index (χ0) is 23.7. The lowest BCUT2D eigenvalue weighted by molar-refractivity contribution is -0.133. The summed E-state index contributed by atoms with van der Waals surface area (Å²) in [6.45, 7) is 4.66. The second-order valence-electron chi connectivity index (χ2n) is 8.58. The summed E-state index contributed by atoms with van der Waals surface area (Å²) >= 11 is 0. The number of benzene rings is 1. The molecule has 9 heteroatoms. The molecule has 4 heterocycles. The van der Waals surface area contributed by atoms with Gasteiger partial charge in [0.2, 0.25) is 5.91 Å². The standard InChI is InChI=1S/C25H27N7O2/c1-15-5-4-6-17(9-15)12-28-23-21-24(31-22(30-23)18-10-16(2)11-27-13-18)32(14-29-21)20-8-7-19(34-20)25(33)26-3/h4-6,9-11,13-14,19-20H,7-8,12H2,1-3H3,(H,26,33)(H,28,30,31). The highest BCUT2D eigenvalue weighted by atomic mass is 16.5. The van der Waals surface area contributed by atoms with Crippen molar-refractivity contribution in [2.24, 2.45) is 0 Å². The summed E-state index contributed by atoms with van der Waals surface area (Å²) in [5, 5.41) is 6.10. The van der Waals surface area contributed by atoms with Gasteiger partial charge in [0.25, 0.3) is 0 Å². The Balaban J connectivity index is 1.54. The topological polar surface area (TPSA) is 107 Å². The van der Waals surface area contributed by atoms with Crippen molar-refractivity contribution in [3.8, 4) is 11.4 Å². The van der Waals surface area contributed by atoms with Gasteiger partial charge in [-0.25, -0.2) is 15.0 Å². The molecular formula is C25H27N7O2. The Bertz CT molecular complexity index is 1350. The van der Waals surface area contributed by atoms with Crippen LogP contribution in [0.3, 0.4) is 0 Å². The predicted octanol–water partition coefficient (Wildman–Crippen LogP) is 3.54. The minimum atomic E-state index is -0.478. The summed E-state index contributed by atoms with van der Waals surface area (Å²) in [6.07, 6.45) is 5.81. The smallest absolute Gasteiger partial charge is 0.248 e. The number of amides is 1. The van der Waals surface area contributed by atoms with Gasteiger partial charge in [0.05, 0.1) is 6.33 Å². The molecule has 174 valence electrons. The summed E-state index contributed by atoms with van der Waals surface area (Å²) in [7, 11) is 1.62. The molecule has 0 bridgehead atoms. The van der Waals surface area contributed by atoms with Gasteiger partial charge in [-0.2, -0.15) is 0 Å². The second-order valence-corrected chi connectivity index (χ2v) is 8.58. The van der Waals surface area contributed by atoms with Crippen molar-refractivity contribution in [2.45, 2.75) is 45.6 Å². The van der Waals surface area contributed by atoms with Crippen LogP contribution in [-0.4, -0.2) is 43.6 Å². The Kier molecular flexibility index (Phi) is 5.93. The van der Waals surface area contributed by atoms with Gasteiger partial charge in [0.1, 0.15) is 12.3 Å². The Morgan fingerprint density at radius 1 is 1.15 bits per heavy atom. The molecule has 34 heavy (non-hydrogen) atoms. The van der Waals surface area contributed by atoms with Crippen LogP contribution >= 0.6 is 0 Å². The van der Waals surface area contributed by atoms with E-state index in [2.05, 4.69) is 45.7 Å². The van der Waals surface area contributed by atoms with Gasteiger partial charge in [-0.05, 0) is 43.9 Å². The van der Waals surface area contributed by atoms with Gasteiger partial charge >= 0.3 is 0 Å². The van der Waals surface area contributed by atoms with Crippen LogP contribution in [0.5, 0.6) is 0 Å². The molecule has 2 atom stereocenters. The van der Waals surface area contributed by atoms with E-state index in [0.717, 1.165) is 16.7 Å². The maximum atomic E-state index is 12.1. The van der Waals surface area contributed by atoms with E-state index in [9.17, 15) is 4.79 Å². The fraction of sp³-hybridized carbons (Fsp3) is 0.320. The molecule has 1 aliphatic heterocycles. The number of likely N-dealkylation sites (N-methyl/N-ethyl adjacent to an activating group) is 1. The molecule has 1 aromatic carbocycles. The van der Waals surface area contributed by atoms with Crippen LogP contribution in [0.15, 0.2) is 49.1 Å². The minimum Gasteiger partial charge on any atom is -0.364 e. The van der Waals surface area contributed by atoms with E-state index in [4.69, 9.17) is 14.7 Å². The first-order valence-electron chi connectivity index (χ1n) is 11.3. The third kappa shape index (κ3) is 4.34. The van der Waals surface area contributed by atoms with Crippen molar-refractivity contribution in [2.75, 3.05) is 12.4 Å². The zero-order valence-corrected chi connectivity index (χ0v) is 19.4. The number of aryl methyl sites for hydroxylation is 2. The molecule has 0 aliphatic carbocycles. The summed E-state index contributed by atoms with van der Waals surface area (Å²) in [5.74, 6) is 1.08. The van der Waals surface area contributed by atoms with Crippen LogP contribution in [0, 0.1) is 13.8 Å². The third-order valence-electron chi connectivity index (χ3n) is 5.94. The molecule has 1 amide bonds. The second kappa shape index (κ2) is 9.18. The first-order chi connectivity index (χ1) is 16.5. The molecule has 1 fully saturated rings. The number of fused-ring (bicyclic) bond motifs is 1. The van der Waals surface area contributed by atoms with E-state index in [1.165, 1.54) is 5.56 Å². The average molecular weight is 458 g/mol. The third-order valence-corrected chi connectivity index (χ3v) is 5.94. The monoisotopic (exact) mass is 457 g/mol. The molecule has 1 aliphatic rings. The van der Waals surface area contributed by atoms with Crippen molar-refractivity contribution in [1.29, 1.82) is 0 Å². The molecule has 2 unspecified atom stereocenters. The molecule has 4 aromatic rings. The van der Waals surface area contributed by atoms with Crippen LogP contribution in [0.4, 0.5) is 5.82 Å². The number of aromatic nitrogens is 5. The minimum absolute atomic E-state index is 0.117. The van der Waals surface area contributed by atoms with Gasteiger partial charge in [-0.1, -0.05) is 29.8 Å². The van der Waals surface area contributed by atoms with Gasteiger partial charge in [-0.15, -0.1) is 0 Å². The molecule has 0 spiro atoms. The van der Waals surface area contributed by atoms with E-state index in [0.29, 0.717) is 42.2 Å². The van der Waals surface area contributed by atoms with Gasteiger partial charge in [0.15, 0.2) is 22.8 Å². The van der Waals surface area contributed by atoms with Crippen molar-refractivity contribution in [3.63, 3.8) is 0 Å². The van der Waals surface area contributed by atoms with Gasteiger partial charge < -0.3 is 15.4 Å². The number of hydrogen-bond acceptors (Lipinski definition) is 7. The van der Waals surface area contributed by atoms with Crippen molar-refractivity contribution in [1.82, 2.24) is 29.8 Å². The van der Waals surface area contributed by atoms with Gasteiger partial charge in [-0.3, -0.25) is 14.3 Å². The number of pyridine rings is 1. The summed E-state index contributed by atoms with van der Waals surface area (Å²) in [4.78, 5) is 30.6. The first-order valence-corrected chi connectivity index (χ1v) is 11.3. The van der Waals surface area contributed by atoms with Gasteiger partial charge in [0, 0.05) is 31.5 Å². The van der Waals surface area contributed by atoms with E-state index < -0.39 is 6.10 Å². The lowest BCUT2D eigenvalue weighted by Crippen LogP contribution is -2.31. The van der Waals surface area contributed by atoms with Crippen molar-refractivity contribution >= 4 is 22.9 Å².